The molecule has 0 aliphatic carbocycles. The molecule has 6 nitrogen and oxygen atoms in total. The number of anilines is 1. The predicted molar refractivity (Wildman–Crippen MR) is 86.7 cm³/mol. The molecular formula is C16H22N4O2. The molecule has 1 unspecified atom stereocenters. The van der Waals surface area contributed by atoms with Crippen LogP contribution >= 0.6 is 0 Å². The topological polar surface area (TPSA) is 76.1 Å². The largest absolute Gasteiger partial charge is 0.382 e. The van der Waals surface area contributed by atoms with Crippen molar-refractivity contribution in [2.45, 2.75) is 26.3 Å². The summed E-state index contributed by atoms with van der Waals surface area (Å²) < 4.78 is 5.24. The first-order valence-corrected chi connectivity index (χ1v) is 7.54. The lowest BCUT2D eigenvalue weighted by Crippen LogP contribution is -2.38. The van der Waals surface area contributed by atoms with Gasteiger partial charge in [0.1, 0.15) is 18.2 Å². The summed E-state index contributed by atoms with van der Waals surface area (Å²) in [6.07, 6.45) is 2.31. The second kappa shape index (κ2) is 8.29. The number of carbonyl (C=O) groups is 1. The van der Waals surface area contributed by atoms with Gasteiger partial charge in [-0.3, -0.25) is 4.79 Å². The number of amides is 1. The fourth-order valence-corrected chi connectivity index (χ4v) is 2.07. The quantitative estimate of drug-likeness (QED) is 0.729. The van der Waals surface area contributed by atoms with Gasteiger partial charge in [-0.2, -0.15) is 0 Å². The van der Waals surface area contributed by atoms with E-state index in [9.17, 15) is 4.79 Å². The predicted octanol–water partition coefficient (Wildman–Crippen LogP) is 1.97. The molecule has 2 aromatic rings. The summed E-state index contributed by atoms with van der Waals surface area (Å²) in [6, 6.07) is 7.33. The Morgan fingerprint density at radius 3 is 2.95 bits per heavy atom. The number of benzene rings is 1. The van der Waals surface area contributed by atoms with Crippen molar-refractivity contribution >= 4 is 22.6 Å². The molecule has 0 saturated carbocycles. The summed E-state index contributed by atoms with van der Waals surface area (Å²) in [5, 5.41) is 6.93. The van der Waals surface area contributed by atoms with E-state index in [0.717, 1.165) is 17.3 Å². The van der Waals surface area contributed by atoms with Gasteiger partial charge < -0.3 is 15.4 Å². The van der Waals surface area contributed by atoms with Crippen LogP contribution in [0.4, 0.5) is 5.82 Å². The van der Waals surface area contributed by atoms with Crippen LogP contribution in [0, 0.1) is 0 Å². The number of rotatable bonds is 8. The third-order valence-corrected chi connectivity index (χ3v) is 3.26. The van der Waals surface area contributed by atoms with Crippen molar-refractivity contribution in [3.63, 3.8) is 0 Å². The fraction of sp³-hybridized carbons (Fsp3) is 0.438. The third kappa shape index (κ3) is 4.39. The molecule has 2 rings (SSSR count). The van der Waals surface area contributed by atoms with Gasteiger partial charge in [-0.1, -0.05) is 12.1 Å². The highest BCUT2D eigenvalue weighted by atomic mass is 16.5. The molecule has 2 N–H and O–H groups in total. The number of nitrogens with one attached hydrogen (secondary N) is 2. The number of nitrogens with zero attached hydrogens (tertiary/aromatic N) is 2. The van der Waals surface area contributed by atoms with E-state index >= 15 is 0 Å². The average Bonchev–Trinajstić information content (AvgIpc) is 2.54. The normalized spacial score (nSPS) is 12.1. The summed E-state index contributed by atoms with van der Waals surface area (Å²) in [5.41, 5.74) is 0.851. The second-order valence-electron chi connectivity index (χ2n) is 4.95. The first-order valence-electron chi connectivity index (χ1n) is 7.54. The van der Waals surface area contributed by atoms with Gasteiger partial charge in [-0.05, 0) is 32.4 Å². The van der Waals surface area contributed by atoms with Crippen LogP contribution in [0.25, 0.3) is 10.9 Å². The van der Waals surface area contributed by atoms with Crippen LogP contribution in [0.3, 0.4) is 0 Å². The average molecular weight is 302 g/mol. The zero-order chi connectivity index (χ0) is 15.8. The minimum atomic E-state index is -0.370. The molecule has 22 heavy (non-hydrogen) atoms. The molecule has 118 valence electrons. The molecule has 0 radical (unpaired) electrons. The van der Waals surface area contributed by atoms with Crippen molar-refractivity contribution in [1.82, 2.24) is 15.3 Å². The Hall–Kier alpha value is -2.21. The van der Waals surface area contributed by atoms with Crippen molar-refractivity contribution in [2.24, 2.45) is 0 Å². The molecule has 1 heterocycles. The summed E-state index contributed by atoms with van der Waals surface area (Å²) in [5.74, 6) is 0.613. The molecule has 1 aromatic carbocycles. The Bertz CT molecular complexity index is 613. The standard InChI is InChI=1S/C16H22N4O2/c1-3-22-10-6-9-17-16(21)12(2)20-15-13-7-4-5-8-14(13)18-11-19-15/h4-5,7-8,11-12H,3,6,9-10H2,1-2H3,(H,17,21)(H,18,19,20). The van der Waals surface area contributed by atoms with Crippen LogP contribution in [-0.4, -0.2) is 41.7 Å². The smallest absolute Gasteiger partial charge is 0.242 e. The summed E-state index contributed by atoms with van der Waals surface area (Å²) in [4.78, 5) is 20.5. The Labute approximate surface area is 130 Å². The lowest BCUT2D eigenvalue weighted by Gasteiger charge is -2.15. The Morgan fingerprint density at radius 2 is 2.14 bits per heavy atom. The van der Waals surface area contributed by atoms with E-state index in [1.807, 2.05) is 38.1 Å². The van der Waals surface area contributed by atoms with E-state index in [1.165, 1.54) is 6.33 Å². The van der Waals surface area contributed by atoms with E-state index in [4.69, 9.17) is 4.74 Å². The number of aromatic nitrogens is 2. The summed E-state index contributed by atoms with van der Waals surface area (Å²) in [6.45, 7) is 5.74. The van der Waals surface area contributed by atoms with Crippen molar-refractivity contribution < 1.29 is 9.53 Å². The zero-order valence-corrected chi connectivity index (χ0v) is 13.0. The highest BCUT2D eigenvalue weighted by molar-refractivity contribution is 5.91. The minimum Gasteiger partial charge on any atom is -0.382 e. The van der Waals surface area contributed by atoms with E-state index in [1.54, 1.807) is 0 Å². The second-order valence-corrected chi connectivity index (χ2v) is 4.95. The highest BCUT2D eigenvalue weighted by Gasteiger charge is 2.14. The van der Waals surface area contributed by atoms with E-state index < -0.39 is 0 Å². The molecule has 0 bridgehead atoms. The maximum Gasteiger partial charge on any atom is 0.242 e. The minimum absolute atomic E-state index is 0.0563. The van der Waals surface area contributed by atoms with Crippen molar-refractivity contribution in [2.75, 3.05) is 25.1 Å². The first kappa shape index (κ1) is 16.2. The Kier molecular flexibility index (Phi) is 6.09. The maximum absolute atomic E-state index is 12.1. The number of hydrogen-bond donors (Lipinski definition) is 2. The zero-order valence-electron chi connectivity index (χ0n) is 13.0. The molecule has 0 fully saturated rings. The Morgan fingerprint density at radius 1 is 1.32 bits per heavy atom. The van der Waals surface area contributed by atoms with Crippen LogP contribution in [0.1, 0.15) is 20.3 Å². The van der Waals surface area contributed by atoms with E-state index in [-0.39, 0.29) is 11.9 Å². The molecule has 6 heteroatoms. The number of fused-ring (bicyclic) bond motifs is 1. The lowest BCUT2D eigenvalue weighted by molar-refractivity contribution is -0.121. The maximum atomic E-state index is 12.1. The lowest BCUT2D eigenvalue weighted by atomic mass is 10.2. The molecule has 1 atom stereocenters. The molecule has 1 amide bonds. The number of ether oxygens (including phenoxy) is 1. The molecule has 0 aliphatic heterocycles. The molecular weight excluding hydrogens is 280 g/mol. The SMILES string of the molecule is CCOCCCNC(=O)C(C)Nc1ncnc2ccccc12. The van der Waals surface area contributed by atoms with Crippen LogP contribution < -0.4 is 10.6 Å². The van der Waals surface area contributed by atoms with Crippen molar-refractivity contribution in [1.29, 1.82) is 0 Å². The molecule has 0 aliphatic rings. The van der Waals surface area contributed by atoms with Crippen LogP contribution in [0.15, 0.2) is 30.6 Å². The van der Waals surface area contributed by atoms with Gasteiger partial charge in [-0.15, -0.1) is 0 Å². The Balaban J connectivity index is 1.90. The van der Waals surface area contributed by atoms with Gasteiger partial charge in [0.2, 0.25) is 5.91 Å². The van der Waals surface area contributed by atoms with Crippen LogP contribution in [0.2, 0.25) is 0 Å². The van der Waals surface area contributed by atoms with Gasteiger partial charge in [-0.25, -0.2) is 9.97 Å². The fourth-order valence-electron chi connectivity index (χ4n) is 2.07. The van der Waals surface area contributed by atoms with Crippen LogP contribution in [-0.2, 0) is 9.53 Å². The molecule has 0 spiro atoms. The summed E-state index contributed by atoms with van der Waals surface area (Å²) >= 11 is 0. The third-order valence-electron chi connectivity index (χ3n) is 3.26. The monoisotopic (exact) mass is 302 g/mol. The highest BCUT2D eigenvalue weighted by Crippen LogP contribution is 2.18. The van der Waals surface area contributed by atoms with Gasteiger partial charge >= 0.3 is 0 Å². The molecule has 0 saturated heterocycles. The number of carbonyl (C=O) groups excluding carboxylic acids is 1. The number of para-hydroxylation sites is 1. The van der Waals surface area contributed by atoms with Crippen molar-refractivity contribution in [3.05, 3.63) is 30.6 Å². The molecule has 1 aromatic heterocycles. The first-order chi connectivity index (χ1) is 10.7. The van der Waals surface area contributed by atoms with Gasteiger partial charge in [0.25, 0.3) is 0 Å². The van der Waals surface area contributed by atoms with Crippen molar-refractivity contribution in [3.8, 4) is 0 Å². The van der Waals surface area contributed by atoms with Gasteiger partial charge in [0.15, 0.2) is 0 Å². The van der Waals surface area contributed by atoms with Gasteiger partial charge in [0.05, 0.1) is 5.52 Å². The number of hydrogen-bond acceptors (Lipinski definition) is 5. The van der Waals surface area contributed by atoms with Crippen LogP contribution in [0.5, 0.6) is 0 Å². The van der Waals surface area contributed by atoms with Gasteiger partial charge in [0, 0.05) is 25.1 Å². The van der Waals surface area contributed by atoms with E-state index in [2.05, 4.69) is 20.6 Å². The van der Waals surface area contributed by atoms with E-state index in [0.29, 0.717) is 25.6 Å². The summed E-state index contributed by atoms with van der Waals surface area (Å²) in [7, 11) is 0.